The van der Waals surface area contributed by atoms with Crippen molar-refractivity contribution in [3.05, 3.63) is 12.2 Å². The van der Waals surface area contributed by atoms with Gasteiger partial charge in [0.05, 0.1) is 6.54 Å². The Labute approximate surface area is 116 Å². The fraction of sp³-hybridized carbons (Fsp3) is 0.857. The van der Waals surface area contributed by atoms with Crippen molar-refractivity contribution in [1.29, 1.82) is 0 Å². The standard InChI is InChI=1S/C14H27N5/c1-11(2)8-19-14(16-10-17-19)9-18-6-4-13(5-7-18)12(3)15/h10-13H,4-9,15H2,1-3H3. The molecule has 0 aliphatic carbocycles. The van der Waals surface area contributed by atoms with Crippen molar-refractivity contribution in [2.45, 2.75) is 52.7 Å². The number of nitrogens with two attached hydrogens (primary N) is 1. The van der Waals surface area contributed by atoms with E-state index in [1.807, 2.05) is 4.68 Å². The van der Waals surface area contributed by atoms with Crippen molar-refractivity contribution in [2.75, 3.05) is 13.1 Å². The Hall–Kier alpha value is -0.940. The summed E-state index contributed by atoms with van der Waals surface area (Å²) in [6.07, 6.45) is 4.08. The number of hydrogen-bond donors (Lipinski definition) is 1. The number of aromatic nitrogens is 3. The molecule has 0 bridgehead atoms. The zero-order chi connectivity index (χ0) is 13.8. The van der Waals surface area contributed by atoms with E-state index in [1.165, 1.54) is 12.8 Å². The Bertz CT molecular complexity index is 377. The zero-order valence-electron chi connectivity index (χ0n) is 12.4. The Morgan fingerprint density at radius 2 is 2.00 bits per heavy atom. The molecule has 0 aromatic carbocycles. The van der Waals surface area contributed by atoms with Crippen molar-refractivity contribution in [3.8, 4) is 0 Å². The summed E-state index contributed by atoms with van der Waals surface area (Å²) in [5.74, 6) is 2.38. The van der Waals surface area contributed by atoms with Gasteiger partial charge >= 0.3 is 0 Å². The third-order valence-corrected chi connectivity index (χ3v) is 3.97. The van der Waals surface area contributed by atoms with Crippen molar-refractivity contribution < 1.29 is 0 Å². The molecule has 1 aromatic rings. The fourth-order valence-corrected chi connectivity index (χ4v) is 2.75. The maximum Gasteiger partial charge on any atom is 0.141 e. The molecule has 2 rings (SSSR count). The molecule has 0 amide bonds. The van der Waals surface area contributed by atoms with Crippen molar-refractivity contribution in [2.24, 2.45) is 17.6 Å². The second-order valence-corrected chi connectivity index (χ2v) is 6.22. The highest BCUT2D eigenvalue weighted by atomic mass is 15.3. The summed E-state index contributed by atoms with van der Waals surface area (Å²) in [7, 11) is 0. The molecule has 0 saturated carbocycles. The predicted molar refractivity (Wildman–Crippen MR) is 76.5 cm³/mol. The van der Waals surface area contributed by atoms with Crippen LogP contribution in [0, 0.1) is 11.8 Å². The molecule has 1 atom stereocenters. The van der Waals surface area contributed by atoms with Gasteiger partial charge in [-0.25, -0.2) is 9.67 Å². The van der Waals surface area contributed by atoms with Gasteiger partial charge in [0.2, 0.25) is 0 Å². The van der Waals surface area contributed by atoms with Gasteiger partial charge < -0.3 is 5.73 Å². The highest BCUT2D eigenvalue weighted by Gasteiger charge is 2.22. The minimum atomic E-state index is 0.326. The van der Waals surface area contributed by atoms with Crippen LogP contribution in [0.25, 0.3) is 0 Å². The molecule has 5 heteroatoms. The predicted octanol–water partition coefficient (Wildman–Crippen LogP) is 1.49. The summed E-state index contributed by atoms with van der Waals surface area (Å²) in [6, 6.07) is 0.326. The van der Waals surface area contributed by atoms with E-state index in [4.69, 9.17) is 5.73 Å². The molecule has 1 aliphatic heterocycles. The molecule has 1 aromatic heterocycles. The van der Waals surface area contributed by atoms with Gasteiger partial charge in [-0.05, 0) is 44.7 Å². The Kier molecular flexibility index (Phi) is 4.93. The smallest absolute Gasteiger partial charge is 0.141 e. The Morgan fingerprint density at radius 1 is 1.32 bits per heavy atom. The van der Waals surface area contributed by atoms with Crippen LogP contribution in [0.15, 0.2) is 6.33 Å². The third-order valence-electron chi connectivity index (χ3n) is 3.97. The van der Waals surface area contributed by atoms with Crippen LogP contribution in [0.3, 0.4) is 0 Å². The van der Waals surface area contributed by atoms with Gasteiger partial charge in [-0.15, -0.1) is 0 Å². The average Bonchev–Trinajstić information content (AvgIpc) is 2.76. The maximum atomic E-state index is 5.98. The van der Waals surface area contributed by atoms with Crippen LogP contribution in [-0.4, -0.2) is 38.8 Å². The SMILES string of the molecule is CC(C)Cn1ncnc1CN1CCC(C(C)N)CC1. The van der Waals surface area contributed by atoms with Crippen LogP contribution >= 0.6 is 0 Å². The Balaban J connectivity index is 1.87. The molecular formula is C14H27N5. The number of piperidine rings is 1. The van der Waals surface area contributed by atoms with E-state index in [-0.39, 0.29) is 0 Å². The second-order valence-electron chi connectivity index (χ2n) is 6.22. The minimum absolute atomic E-state index is 0.326. The molecule has 2 N–H and O–H groups in total. The van der Waals surface area contributed by atoms with E-state index in [1.54, 1.807) is 6.33 Å². The number of nitrogens with zero attached hydrogens (tertiary/aromatic N) is 4. The summed E-state index contributed by atoms with van der Waals surface area (Å²) in [4.78, 5) is 6.87. The van der Waals surface area contributed by atoms with E-state index >= 15 is 0 Å². The third kappa shape index (κ3) is 4.01. The highest BCUT2D eigenvalue weighted by molar-refractivity contribution is 4.87. The number of hydrogen-bond acceptors (Lipinski definition) is 4. The quantitative estimate of drug-likeness (QED) is 0.876. The fourth-order valence-electron chi connectivity index (χ4n) is 2.75. The van der Waals surface area contributed by atoms with Crippen LogP contribution in [0.4, 0.5) is 0 Å². The topological polar surface area (TPSA) is 60.0 Å². The molecule has 19 heavy (non-hydrogen) atoms. The first-order chi connectivity index (χ1) is 9.06. The minimum Gasteiger partial charge on any atom is -0.328 e. The van der Waals surface area contributed by atoms with Gasteiger partial charge in [-0.1, -0.05) is 13.8 Å². The van der Waals surface area contributed by atoms with Gasteiger partial charge in [0.25, 0.3) is 0 Å². The lowest BCUT2D eigenvalue weighted by Gasteiger charge is -2.33. The molecule has 0 radical (unpaired) electrons. The summed E-state index contributed by atoms with van der Waals surface area (Å²) >= 11 is 0. The molecular weight excluding hydrogens is 238 g/mol. The van der Waals surface area contributed by atoms with E-state index in [2.05, 4.69) is 35.8 Å². The van der Waals surface area contributed by atoms with Crippen molar-refractivity contribution >= 4 is 0 Å². The molecule has 1 fully saturated rings. The molecule has 1 unspecified atom stereocenters. The normalized spacial score (nSPS) is 20.1. The lowest BCUT2D eigenvalue weighted by atomic mass is 9.91. The van der Waals surface area contributed by atoms with Crippen LogP contribution in [0.5, 0.6) is 0 Å². The van der Waals surface area contributed by atoms with E-state index in [9.17, 15) is 0 Å². The first-order valence-corrected chi connectivity index (χ1v) is 7.41. The van der Waals surface area contributed by atoms with Crippen LogP contribution in [-0.2, 0) is 13.1 Å². The lowest BCUT2D eigenvalue weighted by molar-refractivity contribution is 0.160. The summed E-state index contributed by atoms with van der Waals surface area (Å²) in [5, 5.41) is 4.32. The zero-order valence-corrected chi connectivity index (χ0v) is 12.4. The summed E-state index contributed by atoms with van der Waals surface area (Å²) in [5.41, 5.74) is 5.98. The van der Waals surface area contributed by atoms with Crippen LogP contribution in [0.1, 0.15) is 39.4 Å². The number of rotatable bonds is 5. The molecule has 1 aliphatic rings. The monoisotopic (exact) mass is 265 g/mol. The van der Waals surface area contributed by atoms with Crippen molar-refractivity contribution in [1.82, 2.24) is 19.7 Å². The second kappa shape index (κ2) is 6.48. The molecule has 1 saturated heterocycles. The lowest BCUT2D eigenvalue weighted by Crippen LogP contribution is -2.39. The average molecular weight is 265 g/mol. The first kappa shape index (κ1) is 14.5. The van der Waals surface area contributed by atoms with Gasteiger partial charge in [0, 0.05) is 12.6 Å². The molecule has 5 nitrogen and oxygen atoms in total. The van der Waals surface area contributed by atoms with Gasteiger partial charge in [-0.2, -0.15) is 5.10 Å². The maximum absolute atomic E-state index is 5.98. The summed E-state index contributed by atoms with van der Waals surface area (Å²) in [6.45, 7) is 10.7. The van der Waals surface area contributed by atoms with Gasteiger partial charge in [-0.3, -0.25) is 4.90 Å². The van der Waals surface area contributed by atoms with Gasteiger partial charge in [0.1, 0.15) is 12.2 Å². The first-order valence-electron chi connectivity index (χ1n) is 7.41. The van der Waals surface area contributed by atoms with Crippen LogP contribution < -0.4 is 5.73 Å². The van der Waals surface area contributed by atoms with E-state index < -0.39 is 0 Å². The molecule has 108 valence electrons. The van der Waals surface area contributed by atoms with Crippen molar-refractivity contribution in [3.63, 3.8) is 0 Å². The van der Waals surface area contributed by atoms with Crippen LogP contribution in [0.2, 0.25) is 0 Å². The highest BCUT2D eigenvalue weighted by Crippen LogP contribution is 2.20. The van der Waals surface area contributed by atoms with E-state index in [0.29, 0.717) is 17.9 Å². The number of likely N-dealkylation sites (tertiary alicyclic amines) is 1. The summed E-state index contributed by atoms with van der Waals surface area (Å²) < 4.78 is 2.04. The Morgan fingerprint density at radius 3 is 2.58 bits per heavy atom. The molecule has 0 spiro atoms. The molecule has 2 heterocycles. The van der Waals surface area contributed by atoms with E-state index in [0.717, 1.165) is 32.0 Å². The van der Waals surface area contributed by atoms with Gasteiger partial charge in [0.15, 0.2) is 0 Å². The largest absolute Gasteiger partial charge is 0.328 e.